The molecule has 23 heavy (non-hydrogen) atoms. The van der Waals surface area contributed by atoms with Crippen LogP contribution in [-0.4, -0.2) is 47.0 Å². The second kappa shape index (κ2) is 7.49. The monoisotopic (exact) mass is 316 g/mol. The minimum absolute atomic E-state index is 0.212. The third-order valence-electron chi connectivity index (χ3n) is 4.11. The summed E-state index contributed by atoms with van der Waals surface area (Å²) < 4.78 is 0.722. The Bertz CT molecular complexity index is 606. The fraction of sp³-hybridized carbons (Fsp3) is 0.368. The first kappa shape index (κ1) is 17.3. The Kier molecular flexibility index (Phi) is 5.64. The average Bonchev–Trinajstić information content (AvgIpc) is 2.49. The van der Waals surface area contributed by atoms with Crippen LogP contribution in [0.15, 0.2) is 48.5 Å². The number of phenols is 2. The summed E-state index contributed by atoms with van der Waals surface area (Å²) in [6.07, 6.45) is 1.43. The maximum Gasteiger partial charge on any atom is 0.128 e. The Morgan fingerprint density at radius 2 is 1.39 bits per heavy atom. The molecule has 4 heteroatoms. The van der Waals surface area contributed by atoms with E-state index in [-0.39, 0.29) is 5.75 Å². The summed E-state index contributed by atoms with van der Waals surface area (Å²) in [5.74, 6) is 0.505. The van der Waals surface area contributed by atoms with Gasteiger partial charge in [-0.3, -0.25) is 0 Å². The third-order valence-corrected chi connectivity index (χ3v) is 4.11. The molecule has 1 unspecified atom stereocenters. The second-order valence-electron chi connectivity index (χ2n) is 6.72. The summed E-state index contributed by atoms with van der Waals surface area (Å²) in [7, 11) is 4.22. The molecule has 1 atom stereocenters. The lowest BCUT2D eigenvalue weighted by atomic mass is 10.1. The molecule has 0 heterocycles. The number of likely N-dealkylation sites (N-methyl/N-ethyl adjacent to an activating group) is 1. The van der Waals surface area contributed by atoms with E-state index in [1.165, 1.54) is 5.56 Å². The van der Waals surface area contributed by atoms with Crippen LogP contribution in [0.1, 0.15) is 23.7 Å². The molecule has 3 N–H and O–H groups in total. The number of rotatable bonds is 7. The van der Waals surface area contributed by atoms with Gasteiger partial charge in [0.15, 0.2) is 0 Å². The predicted molar refractivity (Wildman–Crippen MR) is 91.3 cm³/mol. The highest BCUT2D eigenvalue weighted by Crippen LogP contribution is 2.20. The van der Waals surface area contributed by atoms with Gasteiger partial charge in [-0.1, -0.05) is 24.3 Å². The smallest absolute Gasteiger partial charge is 0.128 e. The molecule has 0 aromatic heterocycles. The van der Waals surface area contributed by atoms with Gasteiger partial charge in [-0.2, -0.15) is 0 Å². The van der Waals surface area contributed by atoms with E-state index in [1.807, 2.05) is 12.1 Å². The molecular formula is C19H26NO3+. The van der Waals surface area contributed by atoms with E-state index < -0.39 is 6.10 Å². The first-order valence-corrected chi connectivity index (χ1v) is 7.93. The lowest BCUT2D eigenvalue weighted by Crippen LogP contribution is -2.43. The normalized spacial score (nSPS) is 13.0. The number of phenolic OH excluding ortho intramolecular Hbond substituents is 2. The molecule has 0 radical (unpaired) electrons. The molecule has 2 rings (SSSR count). The van der Waals surface area contributed by atoms with Crippen molar-refractivity contribution in [2.75, 3.05) is 27.2 Å². The van der Waals surface area contributed by atoms with E-state index in [1.54, 1.807) is 36.4 Å². The number of aryl methyl sites for hydroxylation is 1. The summed E-state index contributed by atoms with van der Waals surface area (Å²) in [5.41, 5.74) is 2.04. The number of aliphatic hydroxyl groups excluding tert-OH is 1. The van der Waals surface area contributed by atoms with Crippen molar-refractivity contribution in [2.45, 2.75) is 18.9 Å². The Labute approximate surface area is 137 Å². The Morgan fingerprint density at radius 3 is 1.96 bits per heavy atom. The number of nitrogens with zero attached hydrogens (tertiary/aromatic N) is 1. The number of quaternary nitrogens is 1. The fourth-order valence-electron chi connectivity index (χ4n) is 2.74. The van der Waals surface area contributed by atoms with Crippen LogP contribution in [0.3, 0.4) is 0 Å². The van der Waals surface area contributed by atoms with Crippen molar-refractivity contribution in [3.05, 3.63) is 59.7 Å². The van der Waals surface area contributed by atoms with Crippen molar-refractivity contribution in [1.82, 2.24) is 0 Å². The van der Waals surface area contributed by atoms with Gasteiger partial charge < -0.3 is 19.8 Å². The van der Waals surface area contributed by atoms with Crippen molar-refractivity contribution in [1.29, 1.82) is 0 Å². The van der Waals surface area contributed by atoms with Crippen LogP contribution in [0.25, 0.3) is 0 Å². The van der Waals surface area contributed by atoms with Crippen molar-refractivity contribution < 1.29 is 19.8 Å². The number of hydrogen-bond donors (Lipinski definition) is 3. The van der Waals surface area contributed by atoms with E-state index in [2.05, 4.69) is 14.1 Å². The molecule has 2 aromatic carbocycles. The van der Waals surface area contributed by atoms with Gasteiger partial charge in [0.25, 0.3) is 0 Å². The van der Waals surface area contributed by atoms with E-state index in [0.29, 0.717) is 12.3 Å². The van der Waals surface area contributed by atoms with Crippen molar-refractivity contribution in [3.8, 4) is 11.5 Å². The van der Waals surface area contributed by atoms with E-state index in [0.717, 1.165) is 29.4 Å². The summed E-state index contributed by atoms with van der Waals surface area (Å²) >= 11 is 0. The largest absolute Gasteiger partial charge is 0.508 e. The van der Waals surface area contributed by atoms with Crippen molar-refractivity contribution >= 4 is 0 Å². The summed E-state index contributed by atoms with van der Waals surface area (Å²) in [4.78, 5) is 0. The highest BCUT2D eigenvalue weighted by molar-refractivity contribution is 5.27. The topological polar surface area (TPSA) is 60.7 Å². The lowest BCUT2D eigenvalue weighted by molar-refractivity contribution is -0.894. The van der Waals surface area contributed by atoms with Gasteiger partial charge >= 0.3 is 0 Å². The average molecular weight is 316 g/mol. The fourth-order valence-corrected chi connectivity index (χ4v) is 2.74. The van der Waals surface area contributed by atoms with Crippen LogP contribution in [0, 0.1) is 0 Å². The van der Waals surface area contributed by atoms with Crippen LogP contribution < -0.4 is 0 Å². The highest BCUT2D eigenvalue weighted by atomic mass is 16.3. The first-order valence-electron chi connectivity index (χ1n) is 7.93. The molecule has 124 valence electrons. The van der Waals surface area contributed by atoms with Gasteiger partial charge in [-0.25, -0.2) is 0 Å². The van der Waals surface area contributed by atoms with Gasteiger partial charge in [-0.15, -0.1) is 0 Å². The first-order chi connectivity index (χ1) is 10.9. The minimum atomic E-state index is -0.542. The Balaban J connectivity index is 1.83. The molecule has 2 aromatic rings. The molecule has 0 spiro atoms. The van der Waals surface area contributed by atoms with Crippen LogP contribution in [0.4, 0.5) is 0 Å². The number of benzene rings is 2. The SMILES string of the molecule is C[N+](C)(CCCc1ccc(O)cc1)CC(O)c1ccc(O)cc1. The molecule has 0 fully saturated rings. The predicted octanol–water partition coefficient (Wildman–Crippen LogP) is 2.84. The summed E-state index contributed by atoms with van der Waals surface area (Å²) in [6, 6.07) is 14.0. The molecule has 0 aliphatic rings. The minimum Gasteiger partial charge on any atom is -0.508 e. The van der Waals surface area contributed by atoms with Crippen molar-refractivity contribution in [2.24, 2.45) is 0 Å². The van der Waals surface area contributed by atoms with Gasteiger partial charge in [0.1, 0.15) is 24.1 Å². The molecule has 0 aliphatic carbocycles. The molecule has 0 amide bonds. The van der Waals surface area contributed by atoms with Gasteiger partial charge in [-0.05, 0) is 41.8 Å². The summed E-state index contributed by atoms with van der Waals surface area (Å²) in [5, 5.41) is 29.0. The van der Waals surface area contributed by atoms with Gasteiger partial charge in [0.2, 0.25) is 0 Å². The molecule has 0 saturated heterocycles. The number of aliphatic hydroxyl groups is 1. The Morgan fingerprint density at radius 1 is 0.870 bits per heavy atom. The molecular weight excluding hydrogens is 290 g/mol. The maximum absolute atomic E-state index is 10.4. The number of hydrogen-bond acceptors (Lipinski definition) is 3. The molecule has 4 nitrogen and oxygen atoms in total. The molecule has 0 aliphatic heterocycles. The quantitative estimate of drug-likeness (QED) is 0.688. The zero-order valence-electron chi connectivity index (χ0n) is 13.8. The zero-order valence-corrected chi connectivity index (χ0v) is 13.8. The number of aromatic hydroxyl groups is 2. The standard InChI is InChI=1S/C19H25NO3/c1-20(2,13-3-4-15-5-9-17(21)10-6-15)14-19(23)16-7-11-18(22)12-8-16/h5-12,19,23H,3-4,13-14H2,1-2H3,(H-,21,22)/p+1. The van der Waals surface area contributed by atoms with Crippen LogP contribution in [0.5, 0.6) is 11.5 Å². The second-order valence-corrected chi connectivity index (χ2v) is 6.72. The molecule has 0 saturated carbocycles. The van der Waals surface area contributed by atoms with E-state index in [4.69, 9.17) is 0 Å². The summed E-state index contributed by atoms with van der Waals surface area (Å²) in [6.45, 7) is 1.58. The molecule has 0 bridgehead atoms. The zero-order chi connectivity index (χ0) is 16.9. The van der Waals surface area contributed by atoms with Gasteiger partial charge in [0, 0.05) is 6.42 Å². The lowest BCUT2D eigenvalue weighted by Gasteiger charge is -2.32. The van der Waals surface area contributed by atoms with Crippen LogP contribution >= 0.6 is 0 Å². The van der Waals surface area contributed by atoms with Crippen LogP contribution in [-0.2, 0) is 6.42 Å². The third kappa shape index (κ3) is 5.58. The highest BCUT2D eigenvalue weighted by Gasteiger charge is 2.21. The van der Waals surface area contributed by atoms with Crippen molar-refractivity contribution in [3.63, 3.8) is 0 Å². The van der Waals surface area contributed by atoms with Gasteiger partial charge in [0.05, 0.1) is 20.6 Å². The van der Waals surface area contributed by atoms with E-state index in [9.17, 15) is 15.3 Å². The van der Waals surface area contributed by atoms with E-state index >= 15 is 0 Å². The Hall–Kier alpha value is -2.04. The van der Waals surface area contributed by atoms with Crippen LogP contribution in [0.2, 0.25) is 0 Å². The maximum atomic E-state index is 10.4.